The topological polar surface area (TPSA) is 140 Å². The van der Waals surface area contributed by atoms with Crippen LogP contribution in [0.3, 0.4) is 0 Å². The molecule has 172 valence electrons. The van der Waals surface area contributed by atoms with E-state index in [-0.39, 0.29) is 23.7 Å². The van der Waals surface area contributed by atoms with Gasteiger partial charge in [0.05, 0.1) is 30.1 Å². The quantitative estimate of drug-likeness (QED) is 0.586. The summed E-state index contributed by atoms with van der Waals surface area (Å²) in [5.74, 6) is -2.16. The molecule has 0 bridgehead atoms. The molecule has 4 N–H and O–H groups in total. The van der Waals surface area contributed by atoms with Gasteiger partial charge in [0.2, 0.25) is 5.91 Å². The second-order valence-electron chi connectivity index (χ2n) is 8.60. The Bertz CT molecular complexity index is 1370. The number of hydrogen-bond donors (Lipinski definition) is 2. The van der Waals surface area contributed by atoms with Gasteiger partial charge in [-0.2, -0.15) is 10.4 Å². The van der Waals surface area contributed by atoms with Gasteiger partial charge in [-0.3, -0.25) is 14.3 Å². The fraction of sp³-hybridized carbons (Fsp3) is 0.240. The van der Waals surface area contributed by atoms with Crippen molar-refractivity contribution in [2.75, 3.05) is 0 Å². The van der Waals surface area contributed by atoms with Gasteiger partial charge in [-0.15, -0.1) is 0 Å². The number of nitrogens with two attached hydrogens (primary N) is 2. The highest BCUT2D eigenvalue weighted by atomic mass is 19.1. The SMILES string of the molecule is CC(C)c1c(C2(C(N)=O)CC(C(N)=O)=Nc3cc(F)ccc32)cnn1Cc1ccc(C#N)cc1. The number of carbonyl (C=O) groups excluding carboxylic acids is 2. The number of aromatic nitrogens is 2. The summed E-state index contributed by atoms with van der Waals surface area (Å²) < 4.78 is 15.8. The lowest BCUT2D eigenvalue weighted by Crippen LogP contribution is -2.48. The van der Waals surface area contributed by atoms with Crippen molar-refractivity contribution in [3.05, 3.63) is 82.4 Å². The van der Waals surface area contributed by atoms with Gasteiger partial charge in [0, 0.05) is 17.7 Å². The zero-order chi connectivity index (χ0) is 24.6. The van der Waals surface area contributed by atoms with Gasteiger partial charge in [-0.05, 0) is 41.3 Å². The molecule has 34 heavy (non-hydrogen) atoms. The van der Waals surface area contributed by atoms with Crippen molar-refractivity contribution in [1.82, 2.24) is 9.78 Å². The molecular formula is C25H23FN6O2. The zero-order valence-electron chi connectivity index (χ0n) is 18.7. The first-order valence-electron chi connectivity index (χ1n) is 10.7. The van der Waals surface area contributed by atoms with Crippen molar-refractivity contribution in [2.24, 2.45) is 16.5 Å². The third-order valence-corrected chi connectivity index (χ3v) is 6.11. The summed E-state index contributed by atoms with van der Waals surface area (Å²) >= 11 is 0. The number of rotatable bonds is 6. The monoisotopic (exact) mass is 458 g/mol. The highest BCUT2D eigenvalue weighted by Gasteiger charge is 2.49. The zero-order valence-corrected chi connectivity index (χ0v) is 18.7. The van der Waals surface area contributed by atoms with Crippen LogP contribution in [-0.4, -0.2) is 27.3 Å². The molecule has 3 aromatic rings. The summed E-state index contributed by atoms with van der Waals surface area (Å²) in [6.07, 6.45) is 1.42. The Morgan fingerprint density at radius 1 is 1.18 bits per heavy atom. The van der Waals surface area contributed by atoms with Gasteiger partial charge in [-0.25, -0.2) is 9.38 Å². The van der Waals surface area contributed by atoms with Crippen LogP contribution in [0.1, 0.15) is 54.1 Å². The van der Waals surface area contributed by atoms with Crippen molar-refractivity contribution in [1.29, 1.82) is 5.26 Å². The summed E-state index contributed by atoms with van der Waals surface area (Å²) in [6.45, 7) is 4.31. The first kappa shape index (κ1) is 22.9. The summed E-state index contributed by atoms with van der Waals surface area (Å²) in [5, 5.41) is 13.6. The number of halogens is 1. The molecule has 1 aromatic heterocycles. The maximum absolute atomic E-state index is 14.0. The van der Waals surface area contributed by atoms with Crippen LogP contribution in [-0.2, 0) is 21.5 Å². The number of aliphatic imine (C=N–C) groups is 1. The van der Waals surface area contributed by atoms with Crippen LogP contribution >= 0.6 is 0 Å². The lowest BCUT2D eigenvalue weighted by atomic mass is 9.67. The van der Waals surface area contributed by atoms with Gasteiger partial charge in [0.1, 0.15) is 16.9 Å². The van der Waals surface area contributed by atoms with Crippen molar-refractivity contribution in [2.45, 2.75) is 38.1 Å². The largest absolute Gasteiger partial charge is 0.369 e. The maximum atomic E-state index is 14.0. The summed E-state index contributed by atoms with van der Waals surface area (Å²) in [5.41, 5.74) is 13.2. The number of hydrogen-bond acceptors (Lipinski definition) is 5. The second kappa shape index (κ2) is 8.56. The molecule has 0 saturated carbocycles. The number of nitriles is 1. The molecule has 1 aliphatic rings. The van der Waals surface area contributed by atoms with Gasteiger partial charge >= 0.3 is 0 Å². The van der Waals surface area contributed by atoms with E-state index >= 15 is 0 Å². The normalized spacial score (nSPS) is 17.1. The number of carbonyl (C=O) groups is 2. The first-order chi connectivity index (χ1) is 16.2. The van der Waals surface area contributed by atoms with Crippen LogP contribution in [0, 0.1) is 17.1 Å². The molecule has 0 aliphatic carbocycles. The van der Waals surface area contributed by atoms with E-state index in [1.165, 1.54) is 12.1 Å². The lowest BCUT2D eigenvalue weighted by molar-refractivity contribution is -0.122. The van der Waals surface area contributed by atoms with E-state index in [9.17, 15) is 14.0 Å². The fourth-order valence-electron chi connectivity index (χ4n) is 4.54. The van der Waals surface area contributed by atoms with E-state index in [1.54, 1.807) is 23.0 Å². The number of primary amides is 2. The van der Waals surface area contributed by atoms with E-state index in [0.717, 1.165) is 17.3 Å². The molecule has 0 radical (unpaired) electrons. The Morgan fingerprint density at radius 3 is 2.47 bits per heavy atom. The van der Waals surface area contributed by atoms with E-state index in [0.29, 0.717) is 23.2 Å². The molecule has 0 saturated heterocycles. The third-order valence-electron chi connectivity index (χ3n) is 6.11. The minimum atomic E-state index is -1.50. The Morgan fingerprint density at radius 2 is 1.88 bits per heavy atom. The second-order valence-corrected chi connectivity index (χ2v) is 8.60. The lowest BCUT2D eigenvalue weighted by Gasteiger charge is -2.36. The Balaban J connectivity index is 1.92. The van der Waals surface area contributed by atoms with E-state index in [4.69, 9.17) is 16.7 Å². The molecular weight excluding hydrogens is 435 g/mol. The molecule has 1 atom stereocenters. The molecule has 0 fully saturated rings. The highest BCUT2D eigenvalue weighted by molar-refractivity contribution is 6.40. The molecule has 1 aliphatic heterocycles. The van der Waals surface area contributed by atoms with Crippen molar-refractivity contribution in [3.8, 4) is 6.07 Å². The van der Waals surface area contributed by atoms with E-state index < -0.39 is 23.0 Å². The third kappa shape index (κ3) is 3.73. The van der Waals surface area contributed by atoms with Crippen LogP contribution < -0.4 is 11.5 Å². The van der Waals surface area contributed by atoms with E-state index in [2.05, 4.69) is 16.2 Å². The molecule has 4 rings (SSSR count). The fourth-order valence-corrected chi connectivity index (χ4v) is 4.54. The number of amides is 2. The van der Waals surface area contributed by atoms with Gasteiger partial charge in [0.25, 0.3) is 5.91 Å². The van der Waals surface area contributed by atoms with Crippen LogP contribution in [0.5, 0.6) is 0 Å². The first-order valence-corrected chi connectivity index (χ1v) is 10.7. The molecule has 2 amide bonds. The Kier molecular flexibility index (Phi) is 5.75. The van der Waals surface area contributed by atoms with Crippen molar-refractivity contribution in [3.63, 3.8) is 0 Å². The summed E-state index contributed by atoms with van der Waals surface area (Å²) in [7, 11) is 0. The molecule has 2 aromatic carbocycles. The van der Waals surface area contributed by atoms with E-state index in [1.807, 2.05) is 26.0 Å². The highest BCUT2D eigenvalue weighted by Crippen LogP contribution is 2.46. The molecule has 8 nitrogen and oxygen atoms in total. The minimum absolute atomic E-state index is 0.0635. The number of nitrogens with zero attached hydrogens (tertiary/aromatic N) is 4. The number of benzene rings is 2. The standard InChI is InChI=1S/C25H23FN6O2/c1-14(2)22-19(12-30-32(22)13-16-5-3-15(11-27)4-6-16)25(24(29)34)10-21(23(28)33)31-20-9-17(26)7-8-18(20)25/h3-9,12,14H,10,13H2,1-2H3,(H2,28,33)(H2,29,34). The van der Waals surface area contributed by atoms with Gasteiger partial charge in [0.15, 0.2) is 0 Å². The summed E-state index contributed by atoms with van der Waals surface area (Å²) in [4.78, 5) is 29.5. The van der Waals surface area contributed by atoms with Crippen LogP contribution in [0.25, 0.3) is 0 Å². The van der Waals surface area contributed by atoms with Gasteiger partial charge < -0.3 is 11.5 Å². The average Bonchev–Trinajstić information content (AvgIpc) is 3.22. The summed E-state index contributed by atoms with van der Waals surface area (Å²) in [6, 6.07) is 13.1. The average molecular weight is 458 g/mol. The van der Waals surface area contributed by atoms with Crippen LogP contribution in [0.4, 0.5) is 10.1 Å². The molecule has 1 unspecified atom stereocenters. The van der Waals surface area contributed by atoms with Crippen LogP contribution in [0.15, 0.2) is 53.7 Å². The Hall–Kier alpha value is -4.32. The van der Waals surface area contributed by atoms with Crippen LogP contribution in [0.2, 0.25) is 0 Å². The predicted octanol–water partition coefficient (Wildman–Crippen LogP) is 2.80. The Labute approximate surface area is 195 Å². The predicted molar refractivity (Wildman–Crippen MR) is 124 cm³/mol. The molecule has 9 heteroatoms. The maximum Gasteiger partial charge on any atom is 0.263 e. The smallest absolute Gasteiger partial charge is 0.263 e. The van der Waals surface area contributed by atoms with Crippen molar-refractivity contribution < 1.29 is 14.0 Å². The van der Waals surface area contributed by atoms with Crippen molar-refractivity contribution >= 4 is 23.2 Å². The molecule has 2 heterocycles. The number of fused-ring (bicyclic) bond motifs is 1. The minimum Gasteiger partial charge on any atom is -0.369 e. The van der Waals surface area contributed by atoms with Gasteiger partial charge in [-0.1, -0.05) is 32.0 Å². The molecule has 0 spiro atoms.